The molecular formula is C24H35N3O5. The third kappa shape index (κ3) is 5.59. The van der Waals surface area contributed by atoms with Crippen molar-refractivity contribution in [1.29, 1.82) is 0 Å². The molecule has 0 aromatic heterocycles. The highest BCUT2D eigenvalue weighted by molar-refractivity contribution is 5.99. The molecule has 176 valence electrons. The molecule has 0 radical (unpaired) electrons. The summed E-state index contributed by atoms with van der Waals surface area (Å²) in [6.07, 6.45) is 2.00. The fourth-order valence-electron chi connectivity index (χ4n) is 3.98. The highest BCUT2D eigenvalue weighted by Gasteiger charge is 2.37. The summed E-state index contributed by atoms with van der Waals surface area (Å²) in [5.41, 5.74) is 0.917. The van der Waals surface area contributed by atoms with Crippen LogP contribution in [-0.2, 0) is 14.3 Å². The number of nitrogens with one attached hydrogen (secondary N) is 1. The first kappa shape index (κ1) is 24.0. The summed E-state index contributed by atoms with van der Waals surface area (Å²) in [7, 11) is 3.36. The standard InChI is InChI=1S/C24H35N3O5/c1-6-22(28)25-18-9-10-20-19(11-18)24(30)26(4)13-21(31-5)15(2)12-27(16(3)14-32-20)23(29)17-7-8-17/h9-11,15-17,21H,6-8,12-14H2,1-5H3,(H,25,28)/t15-,16+,21-/m0/s1. The predicted octanol–water partition coefficient (Wildman–Crippen LogP) is 2.78. The third-order valence-electron chi connectivity index (χ3n) is 6.26. The molecular weight excluding hydrogens is 410 g/mol. The Hall–Kier alpha value is -2.61. The predicted molar refractivity (Wildman–Crippen MR) is 122 cm³/mol. The monoisotopic (exact) mass is 445 g/mol. The van der Waals surface area contributed by atoms with Gasteiger partial charge in [-0.25, -0.2) is 0 Å². The number of benzene rings is 1. The van der Waals surface area contributed by atoms with Gasteiger partial charge in [-0.1, -0.05) is 13.8 Å². The minimum absolute atomic E-state index is 0.0365. The molecule has 8 heteroatoms. The van der Waals surface area contributed by atoms with E-state index >= 15 is 0 Å². The van der Waals surface area contributed by atoms with Crippen molar-refractivity contribution in [3.8, 4) is 5.75 Å². The number of methoxy groups -OCH3 is 1. The second-order valence-electron chi connectivity index (χ2n) is 8.97. The van der Waals surface area contributed by atoms with Gasteiger partial charge >= 0.3 is 0 Å². The summed E-state index contributed by atoms with van der Waals surface area (Å²) in [5, 5.41) is 2.80. The van der Waals surface area contributed by atoms with Crippen LogP contribution in [0.5, 0.6) is 5.75 Å². The number of fused-ring (bicyclic) bond motifs is 1. The summed E-state index contributed by atoms with van der Waals surface area (Å²) in [4.78, 5) is 41.6. The highest BCUT2D eigenvalue weighted by atomic mass is 16.5. The van der Waals surface area contributed by atoms with Gasteiger partial charge in [0.2, 0.25) is 11.8 Å². The smallest absolute Gasteiger partial charge is 0.257 e. The van der Waals surface area contributed by atoms with E-state index in [9.17, 15) is 14.4 Å². The van der Waals surface area contributed by atoms with Gasteiger partial charge in [0.25, 0.3) is 5.91 Å². The molecule has 1 aromatic carbocycles. The van der Waals surface area contributed by atoms with E-state index in [-0.39, 0.29) is 48.3 Å². The molecule has 3 atom stereocenters. The first-order valence-corrected chi connectivity index (χ1v) is 11.4. The van der Waals surface area contributed by atoms with E-state index in [1.807, 2.05) is 18.7 Å². The quantitative estimate of drug-likeness (QED) is 0.770. The van der Waals surface area contributed by atoms with E-state index in [0.29, 0.717) is 36.5 Å². The number of anilines is 1. The number of hydrogen-bond acceptors (Lipinski definition) is 5. The van der Waals surface area contributed by atoms with Gasteiger partial charge < -0.3 is 24.6 Å². The van der Waals surface area contributed by atoms with Crippen LogP contribution in [0, 0.1) is 11.8 Å². The van der Waals surface area contributed by atoms with Crippen LogP contribution < -0.4 is 10.1 Å². The van der Waals surface area contributed by atoms with Crippen molar-refractivity contribution in [3.63, 3.8) is 0 Å². The Morgan fingerprint density at radius 2 is 1.94 bits per heavy atom. The van der Waals surface area contributed by atoms with E-state index in [0.717, 1.165) is 12.8 Å². The van der Waals surface area contributed by atoms with Crippen LogP contribution in [-0.4, -0.2) is 73.5 Å². The molecule has 1 N–H and O–H groups in total. The van der Waals surface area contributed by atoms with Crippen LogP contribution in [0.4, 0.5) is 5.69 Å². The molecule has 2 aliphatic rings. The first-order chi connectivity index (χ1) is 15.2. The lowest BCUT2D eigenvalue weighted by Crippen LogP contribution is -2.49. The second-order valence-corrected chi connectivity index (χ2v) is 8.97. The maximum Gasteiger partial charge on any atom is 0.257 e. The van der Waals surface area contributed by atoms with Crippen LogP contribution in [0.15, 0.2) is 18.2 Å². The highest BCUT2D eigenvalue weighted by Crippen LogP contribution is 2.33. The van der Waals surface area contributed by atoms with Gasteiger partial charge in [0.15, 0.2) is 0 Å². The minimum Gasteiger partial charge on any atom is -0.491 e. The average Bonchev–Trinajstić information content (AvgIpc) is 3.63. The first-order valence-electron chi connectivity index (χ1n) is 11.4. The zero-order valence-electron chi connectivity index (χ0n) is 19.7. The van der Waals surface area contributed by atoms with Gasteiger partial charge in [-0.05, 0) is 38.0 Å². The molecule has 0 spiro atoms. The normalized spacial score (nSPS) is 24.7. The van der Waals surface area contributed by atoms with Gasteiger partial charge in [-0.15, -0.1) is 0 Å². The fraction of sp³-hybridized carbons (Fsp3) is 0.625. The number of carbonyl (C=O) groups excluding carboxylic acids is 3. The van der Waals surface area contributed by atoms with Gasteiger partial charge in [-0.3, -0.25) is 14.4 Å². The van der Waals surface area contributed by atoms with Crippen LogP contribution in [0.1, 0.15) is 50.4 Å². The topological polar surface area (TPSA) is 88.2 Å². The summed E-state index contributed by atoms with van der Waals surface area (Å²) in [6, 6.07) is 4.93. The van der Waals surface area contributed by atoms with Crippen LogP contribution in [0.3, 0.4) is 0 Å². The molecule has 1 fully saturated rings. The SMILES string of the molecule is CCC(=O)Nc1ccc2c(c1)C(=O)N(C)C[C@H](OC)[C@@H](C)CN(C(=O)C1CC1)[C@H](C)CO2. The number of likely N-dealkylation sites (N-methyl/N-ethyl adjacent to an activating group) is 1. The molecule has 0 bridgehead atoms. The molecule has 32 heavy (non-hydrogen) atoms. The van der Waals surface area contributed by atoms with Gasteiger partial charge in [0.1, 0.15) is 12.4 Å². The number of nitrogens with zero attached hydrogens (tertiary/aromatic N) is 2. The van der Waals surface area contributed by atoms with Crippen molar-refractivity contribution < 1.29 is 23.9 Å². The minimum atomic E-state index is -0.225. The lowest BCUT2D eigenvalue weighted by Gasteiger charge is -2.36. The largest absolute Gasteiger partial charge is 0.491 e. The summed E-state index contributed by atoms with van der Waals surface area (Å²) >= 11 is 0. The maximum absolute atomic E-state index is 13.3. The van der Waals surface area contributed by atoms with Crippen LogP contribution in [0.25, 0.3) is 0 Å². The number of hydrogen-bond donors (Lipinski definition) is 1. The second kappa shape index (κ2) is 10.3. The van der Waals surface area contributed by atoms with Crippen molar-refractivity contribution in [2.24, 2.45) is 11.8 Å². The molecule has 1 saturated carbocycles. The Kier molecular flexibility index (Phi) is 7.77. The average molecular weight is 446 g/mol. The molecule has 1 heterocycles. The Morgan fingerprint density at radius 1 is 1.22 bits per heavy atom. The molecule has 0 saturated heterocycles. The lowest BCUT2D eigenvalue weighted by molar-refractivity contribution is -0.136. The molecule has 3 amide bonds. The fourth-order valence-corrected chi connectivity index (χ4v) is 3.98. The van der Waals surface area contributed by atoms with Gasteiger partial charge in [0, 0.05) is 51.2 Å². The number of carbonyl (C=O) groups is 3. The van der Waals surface area contributed by atoms with Crippen molar-refractivity contribution in [2.75, 3.05) is 39.2 Å². The van der Waals surface area contributed by atoms with Gasteiger partial charge in [-0.2, -0.15) is 0 Å². The lowest BCUT2D eigenvalue weighted by atomic mass is 10.0. The zero-order chi connectivity index (χ0) is 23.4. The molecule has 0 unspecified atom stereocenters. The molecule has 8 nitrogen and oxygen atoms in total. The van der Waals surface area contributed by atoms with Crippen molar-refractivity contribution >= 4 is 23.4 Å². The summed E-state index contributed by atoms with van der Waals surface area (Å²) < 4.78 is 11.8. The van der Waals surface area contributed by atoms with Crippen LogP contribution >= 0.6 is 0 Å². The van der Waals surface area contributed by atoms with Crippen molar-refractivity contribution in [3.05, 3.63) is 23.8 Å². The van der Waals surface area contributed by atoms with E-state index in [1.165, 1.54) is 0 Å². The summed E-state index contributed by atoms with van der Waals surface area (Å²) in [5.74, 6) is 0.415. The Morgan fingerprint density at radius 3 is 2.56 bits per heavy atom. The van der Waals surface area contributed by atoms with Crippen molar-refractivity contribution in [1.82, 2.24) is 9.80 Å². The van der Waals surface area contributed by atoms with Crippen LogP contribution in [0.2, 0.25) is 0 Å². The van der Waals surface area contributed by atoms with Gasteiger partial charge in [0.05, 0.1) is 17.7 Å². The number of rotatable bonds is 4. The van der Waals surface area contributed by atoms with E-state index < -0.39 is 0 Å². The molecule has 1 aromatic rings. The number of amides is 3. The van der Waals surface area contributed by atoms with E-state index in [2.05, 4.69) is 5.32 Å². The van der Waals surface area contributed by atoms with Crippen molar-refractivity contribution in [2.45, 2.75) is 52.2 Å². The zero-order valence-corrected chi connectivity index (χ0v) is 19.7. The third-order valence-corrected chi connectivity index (χ3v) is 6.26. The Bertz CT molecular complexity index is 854. The molecule has 3 rings (SSSR count). The van der Waals surface area contributed by atoms with E-state index in [4.69, 9.17) is 9.47 Å². The molecule has 1 aliphatic heterocycles. The Balaban J connectivity index is 1.94. The van der Waals surface area contributed by atoms with E-state index in [1.54, 1.807) is 44.2 Å². The Labute approximate surface area is 190 Å². The molecule has 1 aliphatic carbocycles. The number of ether oxygens (including phenoxy) is 2. The summed E-state index contributed by atoms with van der Waals surface area (Å²) in [6.45, 7) is 6.99. The maximum atomic E-state index is 13.3.